The van der Waals surface area contributed by atoms with E-state index in [4.69, 9.17) is 0 Å². The summed E-state index contributed by atoms with van der Waals surface area (Å²) < 4.78 is 27.6. The molecule has 1 saturated heterocycles. The summed E-state index contributed by atoms with van der Waals surface area (Å²) in [5.74, 6) is 0.408. The minimum absolute atomic E-state index is 0. The van der Waals surface area contributed by atoms with Crippen LogP contribution in [0.5, 0.6) is 0 Å². The molecular formula is C16H25ClN2O2S. The van der Waals surface area contributed by atoms with Gasteiger partial charge in [0.15, 0.2) is 0 Å². The summed E-state index contributed by atoms with van der Waals surface area (Å²) in [5, 5.41) is 3.32. The van der Waals surface area contributed by atoms with Crippen molar-refractivity contribution in [3.63, 3.8) is 0 Å². The summed E-state index contributed by atoms with van der Waals surface area (Å²) in [6.07, 6.45) is 6.69. The van der Waals surface area contributed by atoms with E-state index in [1.54, 1.807) is 6.07 Å². The van der Waals surface area contributed by atoms with Gasteiger partial charge in [0.05, 0.1) is 4.90 Å². The van der Waals surface area contributed by atoms with Gasteiger partial charge in [0.2, 0.25) is 10.0 Å². The third-order valence-electron chi connectivity index (χ3n) is 4.59. The van der Waals surface area contributed by atoms with Gasteiger partial charge in [-0.15, -0.1) is 12.4 Å². The van der Waals surface area contributed by atoms with Crippen LogP contribution in [0.15, 0.2) is 23.1 Å². The van der Waals surface area contributed by atoms with Crippen LogP contribution in [0.4, 0.5) is 0 Å². The molecule has 1 heterocycles. The predicted molar refractivity (Wildman–Crippen MR) is 91.1 cm³/mol. The Hall–Kier alpha value is -0.620. The highest BCUT2D eigenvalue weighted by Gasteiger charge is 2.20. The second kappa shape index (κ2) is 7.77. The van der Waals surface area contributed by atoms with E-state index >= 15 is 0 Å². The Morgan fingerprint density at radius 2 is 1.91 bits per heavy atom. The van der Waals surface area contributed by atoms with E-state index < -0.39 is 10.0 Å². The fraction of sp³-hybridized carbons (Fsp3) is 0.625. The number of halogens is 1. The largest absolute Gasteiger partial charge is 0.316 e. The Bertz CT molecular complexity index is 598. The molecule has 1 atom stereocenters. The third-order valence-corrected chi connectivity index (χ3v) is 6.01. The summed E-state index contributed by atoms with van der Waals surface area (Å²) in [7, 11) is -3.37. The van der Waals surface area contributed by atoms with Crippen molar-refractivity contribution in [1.29, 1.82) is 0 Å². The molecule has 0 bridgehead atoms. The Kier molecular flexibility index (Phi) is 6.26. The van der Waals surface area contributed by atoms with E-state index in [9.17, 15) is 8.42 Å². The molecule has 0 saturated carbocycles. The second-order valence-electron chi connectivity index (χ2n) is 6.20. The summed E-state index contributed by atoms with van der Waals surface area (Å²) in [6.45, 7) is 2.49. The Labute approximate surface area is 139 Å². The van der Waals surface area contributed by atoms with Gasteiger partial charge in [-0.1, -0.05) is 6.07 Å². The number of rotatable bonds is 4. The number of fused-ring (bicyclic) bond motifs is 1. The maximum atomic E-state index is 12.4. The van der Waals surface area contributed by atoms with Crippen LogP contribution in [0.25, 0.3) is 0 Å². The number of benzene rings is 1. The minimum atomic E-state index is -3.37. The monoisotopic (exact) mass is 344 g/mol. The molecule has 0 radical (unpaired) electrons. The number of hydrogen-bond acceptors (Lipinski definition) is 3. The SMILES string of the molecule is Cl.O=S(=O)(NCC1CCCNC1)c1ccc2c(c1)CCCC2. The molecule has 1 aromatic rings. The van der Waals surface area contributed by atoms with Crippen molar-refractivity contribution in [2.45, 2.75) is 43.4 Å². The predicted octanol–water partition coefficient (Wildman–Crippen LogP) is 2.27. The molecule has 0 spiro atoms. The zero-order chi connectivity index (χ0) is 14.7. The topological polar surface area (TPSA) is 58.2 Å². The van der Waals surface area contributed by atoms with Crippen LogP contribution in [0.2, 0.25) is 0 Å². The summed E-state index contributed by atoms with van der Waals surface area (Å²) in [6, 6.07) is 5.62. The fourth-order valence-electron chi connectivity index (χ4n) is 3.29. The molecule has 1 aromatic carbocycles. The van der Waals surface area contributed by atoms with Crippen LogP contribution >= 0.6 is 12.4 Å². The van der Waals surface area contributed by atoms with E-state index in [0.29, 0.717) is 17.4 Å². The van der Waals surface area contributed by atoms with E-state index in [-0.39, 0.29) is 12.4 Å². The van der Waals surface area contributed by atoms with Crippen LogP contribution in [0.1, 0.15) is 36.8 Å². The smallest absolute Gasteiger partial charge is 0.240 e. The van der Waals surface area contributed by atoms with Gasteiger partial charge in [-0.3, -0.25) is 0 Å². The lowest BCUT2D eigenvalue weighted by Crippen LogP contribution is -2.38. The van der Waals surface area contributed by atoms with Gasteiger partial charge in [-0.2, -0.15) is 0 Å². The zero-order valence-electron chi connectivity index (χ0n) is 12.8. The first-order valence-corrected chi connectivity index (χ1v) is 9.46. The van der Waals surface area contributed by atoms with Crippen molar-refractivity contribution in [1.82, 2.24) is 10.0 Å². The molecule has 0 aromatic heterocycles. The quantitative estimate of drug-likeness (QED) is 0.880. The number of hydrogen-bond donors (Lipinski definition) is 2. The van der Waals surface area contributed by atoms with Crippen molar-refractivity contribution in [2.24, 2.45) is 5.92 Å². The Morgan fingerprint density at radius 1 is 1.14 bits per heavy atom. The molecule has 3 rings (SSSR count). The number of piperidine rings is 1. The maximum absolute atomic E-state index is 12.4. The Balaban J connectivity index is 0.00000176. The van der Waals surface area contributed by atoms with Gasteiger partial charge in [-0.05, 0) is 80.8 Å². The lowest BCUT2D eigenvalue weighted by molar-refractivity contribution is 0.376. The number of sulfonamides is 1. The molecule has 22 heavy (non-hydrogen) atoms. The van der Waals surface area contributed by atoms with Crippen LogP contribution in [0.3, 0.4) is 0 Å². The van der Waals surface area contributed by atoms with E-state index in [0.717, 1.165) is 45.2 Å². The maximum Gasteiger partial charge on any atom is 0.240 e. The van der Waals surface area contributed by atoms with Crippen molar-refractivity contribution in [2.75, 3.05) is 19.6 Å². The first kappa shape index (κ1) is 17.7. The highest BCUT2D eigenvalue weighted by molar-refractivity contribution is 7.89. The molecule has 1 aliphatic carbocycles. The van der Waals surface area contributed by atoms with Crippen LogP contribution in [-0.2, 0) is 22.9 Å². The second-order valence-corrected chi connectivity index (χ2v) is 7.97. The molecule has 2 N–H and O–H groups in total. The Morgan fingerprint density at radius 3 is 2.64 bits per heavy atom. The van der Waals surface area contributed by atoms with Crippen molar-refractivity contribution < 1.29 is 8.42 Å². The third kappa shape index (κ3) is 4.22. The first-order valence-electron chi connectivity index (χ1n) is 7.97. The van der Waals surface area contributed by atoms with Crippen molar-refractivity contribution in [3.8, 4) is 0 Å². The van der Waals surface area contributed by atoms with Crippen molar-refractivity contribution in [3.05, 3.63) is 29.3 Å². The highest BCUT2D eigenvalue weighted by atomic mass is 35.5. The molecule has 1 aliphatic heterocycles. The van der Waals surface area contributed by atoms with Gasteiger partial charge < -0.3 is 5.32 Å². The van der Waals surface area contributed by atoms with E-state index in [1.165, 1.54) is 17.5 Å². The van der Waals surface area contributed by atoms with Gasteiger partial charge in [-0.25, -0.2) is 13.1 Å². The summed E-state index contributed by atoms with van der Waals surface area (Å²) >= 11 is 0. The lowest BCUT2D eigenvalue weighted by atomic mass is 9.92. The number of aryl methyl sites for hydroxylation is 2. The molecular weight excluding hydrogens is 320 g/mol. The molecule has 1 unspecified atom stereocenters. The van der Waals surface area contributed by atoms with Gasteiger partial charge in [0.25, 0.3) is 0 Å². The standard InChI is InChI=1S/C16H24N2O2S.ClH/c19-21(20,18-12-13-4-3-9-17-11-13)16-8-7-14-5-1-2-6-15(14)10-16;/h7-8,10,13,17-18H,1-6,9,11-12H2;1H. The number of nitrogens with one attached hydrogen (secondary N) is 2. The summed E-state index contributed by atoms with van der Waals surface area (Å²) in [5.41, 5.74) is 2.53. The van der Waals surface area contributed by atoms with Gasteiger partial charge in [0.1, 0.15) is 0 Å². The van der Waals surface area contributed by atoms with Gasteiger partial charge >= 0.3 is 0 Å². The molecule has 0 amide bonds. The van der Waals surface area contributed by atoms with Crippen LogP contribution in [-0.4, -0.2) is 28.1 Å². The molecule has 4 nitrogen and oxygen atoms in total. The molecule has 1 fully saturated rings. The average Bonchev–Trinajstić information content (AvgIpc) is 2.53. The zero-order valence-corrected chi connectivity index (χ0v) is 14.4. The highest BCUT2D eigenvalue weighted by Crippen LogP contribution is 2.24. The van der Waals surface area contributed by atoms with Crippen molar-refractivity contribution >= 4 is 22.4 Å². The first-order chi connectivity index (χ1) is 10.1. The molecule has 2 aliphatic rings. The van der Waals surface area contributed by atoms with E-state index in [1.807, 2.05) is 12.1 Å². The molecule has 6 heteroatoms. The molecule has 124 valence electrons. The van der Waals surface area contributed by atoms with Gasteiger partial charge in [0, 0.05) is 6.54 Å². The average molecular weight is 345 g/mol. The van der Waals surface area contributed by atoms with Crippen LogP contribution < -0.4 is 10.0 Å². The normalized spacial score (nSPS) is 21.7. The fourth-order valence-corrected chi connectivity index (χ4v) is 4.45. The van der Waals surface area contributed by atoms with E-state index in [2.05, 4.69) is 10.0 Å². The van der Waals surface area contributed by atoms with Crippen LogP contribution in [0, 0.1) is 5.92 Å². The lowest BCUT2D eigenvalue weighted by Gasteiger charge is -2.23. The summed E-state index contributed by atoms with van der Waals surface area (Å²) in [4.78, 5) is 0.423. The minimum Gasteiger partial charge on any atom is -0.316 e.